The van der Waals surface area contributed by atoms with E-state index in [0.717, 1.165) is 5.69 Å². The molecule has 0 spiro atoms. The number of hydrogen-bond donors (Lipinski definition) is 1. The normalized spacial score (nSPS) is 17.7. The molecular weight excluding hydrogens is 230 g/mol. The highest BCUT2D eigenvalue weighted by Gasteiger charge is 2.21. The molecule has 1 aromatic heterocycles. The summed E-state index contributed by atoms with van der Waals surface area (Å²) in [4.78, 5) is 12.2. The van der Waals surface area contributed by atoms with Crippen molar-refractivity contribution < 1.29 is 9.84 Å². The first-order chi connectivity index (χ1) is 8.54. The van der Waals surface area contributed by atoms with E-state index >= 15 is 0 Å². The van der Waals surface area contributed by atoms with Crippen molar-refractivity contribution in [3.05, 3.63) is 33.8 Å². The largest absolute Gasteiger partial charge is 0.485 e. The van der Waals surface area contributed by atoms with Gasteiger partial charge in [0.05, 0.1) is 12.2 Å². The summed E-state index contributed by atoms with van der Waals surface area (Å²) in [6, 6.07) is 1.87. The molecule has 0 unspecified atom stereocenters. The maximum Gasteiger partial charge on any atom is 0.261 e. The molecule has 0 aliphatic carbocycles. The molecule has 1 aliphatic rings. The summed E-state index contributed by atoms with van der Waals surface area (Å²) in [5.41, 5.74) is 1.29. The molecular formula is C14H19NO3. The summed E-state index contributed by atoms with van der Waals surface area (Å²) in [6.45, 7) is 6.29. The summed E-state index contributed by atoms with van der Waals surface area (Å²) in [7, 11) is 0. The van der Waals surface area contributed by atoms with Gasteiger partial charge in [-0.05, 0) is 25.0 Å². The van der Waals surface area contributed by atoms with Gasteiger partial charge in [0, 0.05) is 18.3 Å². The van der Waals surface area contributed by atoms with Crippen molar-refractivity contribution in [1.29, 1.82) is 0 Å². The van der Waals surface area contributed by atoms with Gasteiger partial charge in [0.2, 0.25) is 0 Å². The van der Waals surface area contributed by atoms with Crippen LogP contribution in [-0.2, 0) is 6.54 Å². The van der Waals surface area contributed by atoms with E-state index in [9.17, 15) is 4.79 Å². The van der Waals surface area contributed by atoms with Crippen molar-refractivity contribution >= 4 is 6.08 Å². The molecule has 0 fully saturated rings. The summed E-state index contributed by atoms with van der Waals surface area (Å²) >= 11 is 0. The predicted octanol–water partition coefficient (Wildman–Crippen LogP) is 1.58. The van der Waals surface area contributed by atoms with Crippen LogP contribution in [0, 0.1) is 12.8 Å². The zero-order valence-electron chi connectivity index (χ0n) is 11.0. The molecule has 0 aromatic carbocycles. The van der Waals surface area contributed by atoms with E-state index in [1.807, 2.05) is 25.1 Å². The van der Waals surface area contributed by atoms with Crippen LogP contribution in [0.2, 0.25) is 0 Å². The number of aliphatic hydroxyl groups excluding tert-OH is 1. The van der Waals surface area contributed by atoms with Crippen molar-refractivity contribution in [1.82, 2.24) is 4.57 Å². The Bertz CT molecular complexity index is 529. The highest BCUT2D eigenvalue weighted by molar-refractivity contribution is 5.59. The van der Waals surface area contributed by atoms with E-state index in [4.69, 9.17) is 9.84 Å². The van der Waals surface area contributed by atoms with Crippen LogP contribution in [-0.4, -0.2) is 22.4 Å². The maximum absolute atomic E-state index is 12.2. The van der Waals surface area contributed by atoms with E-state index in [2.05, 4.69) is 13.8 Å². The van der Waals surface area contributed by atoms with E-state index in [1.54, 1.807) is 4.57 Å². The molecule has 98 valence electrons. The molecule has 4 heteroatoms. The van der Waals surface area contributed by atoms with Crippen molar-refractivity contribution in [2.45, 2.75) is 33.4 Å². The standard InChI is InChI=1S/C14H19NO3/c1-9(2)12-5-4-11-13(18-12)8-10(3)15(6-7-16)14(11)17/h4-5,8-9,12,16H,6-7H2,1-3H3/t12-/m0/s1. The van der Waals surface area contributed by atoms with Crippen LogP contribution in [0.25, 0.3) is 6.08 Å². The highest BCUT2D eigenvalue weighted by atomic mass is 16.5. The molecule has 2 heterocycles. The SMILES string of the molecule is Cc1cc2c(c(=O)n1CCO)C=C[C@@H](C(C)C)O2. The zero-order valence-corrected chi connectivity index (χ0v) is 11.0. The minimum Gasteiger partial charge on any atom is -0.485 e. The number of fused-ring (bicyclic) bond motifs is 1. The second-order valence-corrected chi connectivity index (χ2v) is 4.93. The van der Waals surface area contributed by atoms with Gasteiger partial charge in [-0.25, -0.2) is 0 Å². The predicted molar refractivity (Wildman–Crippen MR) is 70.8 cm³/mol. The smallest absolute Gasteiger partial charge is 0.261 e. The van der Waals surface area contributed by atoms with Gasteiger partial charge in [-0.2, -0.15) is 0 Å². The lowest BCUT2D eigenvalue weighted by Gasteiger charge is -2.25. The van der Waals surface area contributed by atoms with Gasteiger partial charge in [0.1, 0.15) is 11.9 Å². The lowest BCUT2D eigenvalue weighted by Crippen LogP contribution is -2.30. The number of aryl methyl sites for hydroxylation is 1. The van der Waals surface area contributed by atoms with E-state index in [-0.39, 0.29) is 18.3 Å². The number of aliphatic hydroxyl groups is 1. The molecule has 1 atom stereocenters. The second-order valence-electron chi connectivity index (χ2n) is 4.93. The van der Waals surface area contributed by atoms with Crippen LogP contribution in [0.4, 0.5) is 0 Å². The fourth-order valence-corrected chi connectivity index (χ4v) is 2.12. The van der Waals surface area contributed by atoms with E-state index < -0.39 is 0 Å². The van der Waals surface area contributed by atoms with Crippen LogP contribution in [0.3, 0.4) is 0 Å². The van der Waals surface area contributed by atoms with Gasteiger partial charge in [0.15, 0.2) is 0 Å². The molecule has 0 saturated carbocycles. The average molecular weight is 249 g/mol. The number of hydrogen-bond acceptors (Lipinski definition) is 3. The van der Waals surface area contributed by atoms with Crippen LogP contribution in [0.1, 0.15) is 25.1 Å². The molecule has 0 amide bonds. The van der Waals surface area contributed by atoms with E-state index in [1.165, 1.54) is 0 Å². The van der Waals surface area contributed by atoms with Crippen LogP contribution in [0.15, 0.2) is 16.9 Å². The Morgan fingerprint density at radius 2 is 2.22 bits per heavy atom. The average Bonchev–Trinajstić information content (AvgIpc) is 2.33. The fourth-order valence-electron chi connectivity index (χ4n) is 2.12. The highest BCUT2D eigenvalue weighted by Crippen LogP contribution is 2.26. The summed E-state index contributed by atoms with van der Waals surface area (Å²) < 4.78 is 7.40. The first kappa shape index (κ1) is 12.9. The summed E-state index contributed by atoms with van der Waals surface area (Å²) in [6.07, 6.45) is 3.77. The van der Waals surface area contributed by atoms with Gasteiger partial charge in [0.25, 0.3) is 5.56 Å². The van der Waals surface area contributed by atoms with Crippen molar-refractivity contribution in [2.24, 2.45) is 5.92 Å². The van der Waals surface area contributed by atoms with Crippen LogP contribution >= 0.6 is 0 Å². The minimum atomic E-state index is -0.0995. The Hall–Kier alpha value is -1.55. The van der Waals surface area contributed by atoms with Crippen molar-refractivity contribution in [2.75, 3.05) is 6.61 Å². The van der Waals surface area contributed by atoms with Gasteiger partial charge >= 0.3 is 0 Å². The Balaban J connectivity index is 2.47. The maximum atomic E-state index is 12.2. The number of nitrogens with zero attached hydrogens (tertiary/aromatic N) is 1. The molecule has 0 radical (unpaired) electrons. The lowest BCUT2D eigenvalue weighted by atomic mass is 10.0. The Labute approximate surface area is 107 Å². The summed E-state index contributed by atoms with van der Waals surface area (Å²) in [5, 5.41) is 8.98. The fraction of sp³-hybridized carbons (Fsp3) is 0.500. The molecule has 1 aromatic rings. The quantitative estimate of drug-likeness (QED) is 0.885. The number of pyridine rings is 1. The number of ether oxygens (including phenoxy) is 1. The Morgan fingerprint density at radius 1 is 1.50 bits per heavy atom. The van der Waals surface area contributed by atoms with E-state index in [0.29, 0.717) is 23.8 Å². The Morgan fingerprint density at radius 3 is 2.83 bits per heavy atom. The lowest BCUT2D eigenvalue weighted by molar-refractivity contribution is 0.193. The third-order valence-electron chi connectivity index (χ3n) is 3.20. The molecule has 2 rings (SSSR count). The first-order valence-electron chi connectivity index (χ1n) is 6.24. The van der Waals surface area contributed by atoms with Crippen LogP contribution in [0.5, 0.6) is 5.75 Å². The van der Waals surface area contributed by atoms with Crippen molar-refractivity contribution in [3.8, 4) is 5.75 Å². The molecule has 1 aliphatic heterocycles. The first-order valence-corrected chi connectivity index (χ1v) is 6.24. The van der Waals surface area contributed by atoms with Crippen molar-refractivity contribution in [3.63, 3.8) is 0 Å². The summed E-state index contributed by atoms with van der Waals surface area (Å²) in [5.74, 6) is 1.02. The number of rotatable bonds is 3. The third kappa shape index (κ3) is 2.20. The molecule has 0 saturated heterocycles. The van der Waals surface area contributed by atoms with Crippen LogP contribution < -0.4 is 10.3 Å². The molecule has 18 heavy (non-hydrogen) atoms. The second kappa shape index (κ2) is 4.98. The third-order valence-corrected chi connectivity index (χ3v) is 3.20. The number of aromatic nitrogens is 1. The topological polar surface area (TPSA) is 51.5 Å². The van der Waals surface area contributed by atoms with Gasteiger partial charge < -0.3 is 14.4 Å². The minimum absolute atomic E-state index is 0.0185. The Kier molecular flexibility index (Phi) is 3.57. The van der Waals surface area contributed by atoms with Gasteiger partial charge in [-0.15, -0.1) is 0 Å². The monoisotopic (exact) mass is 249 g/mol. The molecule has 4 nitrogen and oxygen atoms in total. The zero-order chi connectivity index (χ0) is 13.3. The van der Waals surface area contributed by atoms with Gasteiger partial charge in [-0.3, -0.25) is 4.79 Å². The van der Waals surface area contributed by atoms with Gasteiger partial charge in [-0.1, -0.05) is 13.8 Å². The molecule has 1 N–H and O–H groups in total. The molecule has 0 bridgehead atoms.